The minimum absolute atomic E-state index is 0.0915. The molecule has 0 fully saturated rings. The number of rotatable bonds is 4. The van der Waals surface area contributed by atoms with E-state index in [1.807, 2.05) is 6.07 Å². The van der Waals surface area contributed by atoms with Gasteiger partial charge in [0.05, 0.1) is 6.42 Å². The van der Waals surface area contributed by atoms with E-state index in [2.05, 4.69) is 26.2 Å². The first-order chi connectivity index (χ1) is 6.18. The van der Waals surface area contributed by atoms with Crippen molar-refractivity contribution in [1.82, 2.24) is 4.98 Å². The lowest BCUT2D eigenvalue weighted by Crippen LogP contribution is -2.08. The van der Waals surface area contributed by atoms with Gasteiger partial charge in [0.2, 0.25) is 0 Å². The number of anilines is 1. The highest BCUT2D eigenvalue weighted by Gasteiger charge is 1.97. The summed E-state index contributed by atoms with van der Waals surface area (Å²) in [6.45, 7) is 0.388. The number of carbonyl (C=O) groups is 1. The SMILES string of the molecule is O=C(O)CCNc1cc(Br)ccn1. The molecule has 0 aliphatic heterocycles. The summed E-state index contributed by atoms with van der Waals surface area (Å²) in [5.41, 5.74) is 0. The third-order valence-corrected chi connectivity index (χ3v) is 1.86. The van der Waals surface area contributed by atoms with Crippen LogP contribution in [0.4, 0.5) is 5.82 Å². The lowest BCUT2D eigenvalue weighted by molar-refractivity contribution is -0.136. The Morgan fingerprint density at radius 2 is 2.46 bits per heavy atom. The van der Waals surface area contributed by atoms with Crippen LogP contribution in [0.1, 0.15) is 6.42 Å². The zero-order chi connectivity index (χ0) is 9.68. The number of hydrogen-bond acceptors (Lipinski definition) is 3. The molecule has 0 aromatic carbocycles. The van der Waals surface area contributed by atoms with E-state index in [4.69, 9.17) is 5.11 Å². The second-order valence-electron chi connectivity index (χ2n) is 2.43. The number of carboxylic acid groups (broad SMARTS) is 1. The number of nitrogens with zero attached hydrogens (tertiary/aromatic N) is 1. The van der Waals surface area contributed by atoms with Crippen LogP contribution in [0.3, 0.4) is 0 Å². The number of pyridine rings is 1. The van der Waals surface area contributed by atoms with Crippen molar-refractivity contribution < 1.29 is 9.90 Å². The highest BCUT2D eigenvalue weighted by atomic mass is 79.9. The molecule has 13 heavy (non-hydrogen) atoms. The first-order valence-electron chi connectivity index (χ1n) is 3.75. The Morgan fingerprint density at radius 3 is 3.08 bits per heavy atom. The summed E-state index contributed by atoms with van der Waals surface area (Å²) in [7, 11) is 0. The zero-order valence-electron chi connectivity index (χ0n) is 6.83. The minimum Gasteiger partial charge on any atom is -0.481 e. The topological polar surface area (TPSA) is 62.2 Å². The van der Waals surface area contributed by atoms with E-state index in [0.29, 0.717) is 12.4 Å². The van der Waals surface area contributed by atoms with E-state index in [0.717, 1.165) is 4.47 Å². The van der Waals surface area contributed by atoms with Crippen molar-refractivity contribution in [3.8, 4) is 0 Å². The lowest BCUT2D eigenvalue weighted by atomic mass is 10.4. The van der Waals surface area contributed by atoms with Gasteiger partial charge in [-0.3, -0.25) is 4.79 Å². The maximum absolute atomic E-state index is 10.2. The van der Waals surface area contributed by atoms with E-state index in [-0.39, 0.29) is 6.42 Å². The zero-order valence-corrected chi connectivity index (χ0v) is 8.41. The Kier molecular flexibility index (Phi) is 3.70. The standard InChI is InChI=1S/C8H9BrN2O2/c9-6-1-3-10-7(5-6)11-4-2-8(12)13/h1,3,5H,2,4H2,(H,10,11)(H,12,13). The Hall–Kier alpha value is -1.10. The van der Waals surface area contributed by atoms with Crippen molar-refractivity contribution in [3.05, 3.63) is 22.8 Å². The van der Waals surface area contributed by atoms with Gasteiger partial charge in [-0.25, -0.2) is 4.98 Å². The molecule has 1 rings (SSSR count). The average molecular weight is 245 g/mol. The number of aliphatic carboxylic acids is 1. The van der Waals surface area contributed by atoms with Crippen LogP contribution in [-0.4, -0.2) is 22.6 Å². The molecule has 70 valence electrons. The van der Waals surface area contributed by atoms with Gasteiger partial charge in [-0.2, -0.15) is 0 Å². The molecule has 4 nitrogen and oxygen atoms in total. The van der Waals surface area contributed by atoms with Gasteiger partial charge < -0.3 is 10.4 Å². The first kappa shape index (κ1) is 9.98. The molecule has 0 aliphatic carbocycles. The Bertz CT molecular complexity index is 304. The number of halogens is 1. The van der Waals surface area contributed by atoms with Gasteiger partial charge >= 0.3 is 5.97 Å². The van der Waals surface area contributed by atoms with Crippen molar-refractivity contribution >= 4 is 27.7 Å². The van der Waals surface area contributed by atoms with E-state index < -0.39 is 5.97 Å². The van der Waals surface area contributed by atoms with Gasteiger partial charge in [0.25, 0.3) is 0 Å². The van der Waals surface area contributed by atoms with Crippen LogP contribution < -0.4 is 5.32 Å². The van der Waals surface area contributed by atoms with Crippen molar-refractivity contribution in [1.29, 1.82) is 0 Å². The van der Waals surface area contributed by atoms with Gasteiger partial charge in [0.1, 0.15) is 5.82 Å². The second-order valence-corrected chi connectivity index (χ2v) is 3.35. The van der Waals surface area contributed by atoms with E-state index >= 15 is 0 Å². The summed E-state index contributed by atoms with van der Waals surface area (Å²) in [5, 5.41) is 11.3. The fourth-order valence-corrected chi connectivity index (χ4v) is 1.13. The van der Waals surface area contributed by atoms with Crippen molar-refractivity contribution in [3.63, 3.8) is 0 Å². The second kappa shape index (κ2) is 4.81. The molecule has 0 amide bonds. The first-order valence-corrected chi connectivity index (χ1v) is 4.55. The highest BCUT2D eigenvalue weighted by Crippen LogP contribution is 2.12. The van der Waals surface area contributed by atoms with Crippen LogP contribution in [0.25, 0.3) is 0 Å². The predicted molar refractivity (Wildman–Crippen MR) is 52.7 cm³/mol. The van der Waals surface area contributed by atoms with Gasteiger partial charge in [0, 0.05) is 17.2 Å². The molecule has 5 heteroatoms. The summed E-state index contributed by atoms with van der Waals surface area (Å²) >= 11 is 3.29. The molecule has 0 radical (unpaired) electrons. The van der Waals surface area contributed by atoms with Crippen molar-refractivity contribution in [2.24, 2.45) is 0 Å². The van der Waals surface area contributed by atoms with Gasteiger partial charge in [0.15, 0.2) is 0 Å². The molecule has 0 saturated carbocycles. The highest BCUT2D eigenvalue weighted by molar-refractivity contribution is 9.10. The van der Waals surface area contributed by atoms with E-state index in [1.54, 1.807) is 12.3 Å². The molecule has 0 bridgehead atoms. The molecule has 0 aliphatic rings. The summed E-state index contributed by atoms with van der Waals surface area (Å²) in [6, 6.07) is 3.60. The molecule has 0 spiro atoms. The smallest absolute Gasteiger partial charge is 0.305 e. The average Bonchev–Trinajstić information content (AvgIpc) is 2.03. The largest absolute Gasteiger partial charge is 0.481 e. The van der Waals surface area contributed by atoms with E-state index in [1.165, 1.54) is 0 Å². The van der Waals surface area contributed by atoms with Crippen LogP contribution in [0.2, 0.25) is 0 Å². The molecule has 0 saturated heterocycles. The third kappa shape index (κ3) is 3.89. The molecular weight excluding hydrogens is 236 g/mol. The predicted octanol–water partition coefficient (Wildman–Crippen LogP) is 1.73. The number of carboxylic acids is 1. The van der Waals surface area contributed by atoms with E-state index in [9.17, 15) is 4.79 Å². The molecule has 1 aromatic heterocycles. The Balaban J connectivity index is 2.41. The quantitative estimate of drug-likeness (QED) is 0.847. The van der Waals surface area contributed by atoms with Crippen LogP contribution >= 0.6 is 15.9 Å². The van der Waals surface area contributed by atoms with Gasteiger partial charge in [-0.05, 0) is 12.1 Å². The normalized spacial score (nSPS) is 9.62. The van der Waals surface area contributed by atoms with Crippen LogP contribution in [0, 0.1) is 0 Å². The van der Waals surface area contributed by atoms with Crippen LogP contribution in [-0.2, 0) is 4.79 Å². The van der Waals surface area contributed by atoms with Gasteiger partial charge in [-0.1, -0.05) is 15.9 Å². The maximum Gasteiger partial charge on any atom is 0.305 e. The monoisotopic (exact) mass is 244 g/mol. The third-order valence-electron chi connectivity index (χ3n) is 1.37. The van der Waals surface area contributed by atoms with Gasteiger partial charge in [-0.15, -0.1) is 0 Å². The molecule has 1 heterocycles. The van der Waals surface area contributed by atoms with Crippen LogP contribution in [0.15, 0.2) is 22.8 Å². The van der Waals surface area contributed by atoms with Crippen molar-refractivity contribution in [2.45, 2.75) is 6.42 Å². The fourth-order valence-electron chi connectivity index (χ4n) is 0.799. The summed E-state index contributed by atoms with van der Waals surface area (Å²) in [5.74, 6) is -0.141. The Morgan fingerprint density at radius 1 is 1.69 bits per heavy atom. The lowest BCUT2D eigenvalue weighted by Gasteiger charge is -2.02. The molecule has 2 N–H and O–H groups in total. The Labute approximate surface area is 84.1 Å². The minimum atomic E-state index is -0.817. The summed E-state index contributed by atoms with van der Waals surface area (Å²) in [6.07, 6.45) is 1.74. The molecule has 0 atom stereocenters. The molecular formula is C8H9BrN2O2. The van der Waals surface area contributed by atoms with Crippen molar-refractivity contribution in [2.75, 3.05) is 11.9 Å². The number of hydrogen-bond donors (Lipinski definition) is 2. The number of aromatic nitrogens is 1. The fraction of sp³-hybridized carbons (Fsp3) is 0.250. The summed E-state index contributed by atoms with van der Waals surface area (Å²) < 4.78 is 0.917. The maximum atomic E-state index is 10.2. The van der Waals surface area contributed by atoms with Crippen LogP contribution in [0.5, 0.6) is 0 Å². The molecule has 0 unspecified atom stereocenters. The number of nitrogens with one attached hydrogen (secondary N) is 1. The summed E-state index contributed by atoms with van der Waals surface area (Å²) in [4.78, 5) is 14.2. The molecule has 1 aromatic rings.